The van der Waals surface area contributed by atoms with Crippen molar-refractivity contribution < 1.29 is 23.1 Å². The molecule has 0 saturated heterocycles. The minimum absolute atomic E-state index is 0.173. The highest BCUT2D eigenvalue weighted by Crippen LogP contribution is 2.34. The van der Waals surface area contributed by atoms with E-state index in [1.54, 1.807) is 56.3 Å². The van der Waals surface area contributed by atoms with E-state index < -0.39 is 33.6 Å². The minimum atomic E-state index is -3.99. The van der Waals surface area contributed by atoms with Gasteiger partial charge in [-0.3, -0.25) is 4.79 Å². The van der Waals surface area contributed by atoms with Gasteiger partial charge in [-0.25, -0.2) is 13.1 Å². The van der Waals surface area contributed by atoms with Gasteiger partial charge in [0.05, 0.1) is 29.6 Å². The molecule has 0 radical (unpaired) electrons. The first-order valence-electron chi connectivity index (χ1n) is 9.33. The van der Waals surface area contributed by atoms with Crippen LogP contribution in [0, 0.1) is 26.2 Å². The molecule has 6 nitrogen and oxygen atoms in total. The number of hydrogen-bond acceptors (Lipinski definition) is 5. The Labute approximate surface area is 173 Å². The van der Waals surface area contributed by atoms with E-state index in [1.165, 1.54) is 21.0 Å². The van der Waals surface area contributed by atoms with Crippen molar-refractivity contribution in [2.45, 2.75) is 51.7 Å². The van der Waals surface area contributed by atoms with Gasteiger partial charge in [0.25, 0.3) is 0 Å². The third-order valence-electron chi connectivity index (χ3n) is 5.08. The fourth-order valence-corrected chi connectivity index (χ4v) is 5.28. The van der Waals surface area contributed by atoms with E-state index in [-0.39, 0.29) is 4.90 Å². The molecule has 2 aromatic rings. The molecule has 2 N–H and O–H groups in total. The second-order valence-corrected chi connectivity index (χ2v) is 9.55. The third-order valence-corrected chi connectivity index (χ3v) is 6.83. The highest BCUT2D eigenvalue weighted by molar-refractivity contribution is 7.89. The highest BCUT2D eigenvalue weighted by Gasteiger charge is 2.43. The summed E-state index contributed by atoms with van der Waals surface area (Å²) in [4.78, 5) is 12.4. The van der Waals surface area contributed by atoms with Crippen LogP contribution < -0.4 is 4.72 Å². The molecule has 0 aromatic heterocycles. The van der Waals surface area contributed by atoms with E-state index in [9.17, 15) is 18.3 Å². The quantitative estimate of drug-likeness (QED) is 0.673. The molecule has 0 amide bonds. The molecule has 2 atom stereocenters. The number of ether oxygens (including phenoxy) is 1. The zero-order chi connectivity index (χ0) is 22.0. The van der Waals surface area contributed by atoms with Crippen LogP contribution in [0.3, 0.4) is 0 Å². The molecule has 158 valence electrons. The van der Waals surface area contributed by atoms with E-state index in [1.807, 2.05) is 6.92 Å². The Bertz CT molecular complexity index is 961. The average molecular weight is 420 g/mol. The largest absolute Gasteiger partial charge is 0.469 e. The summed E-state index contributed by atoms with van der Waals surface area (Å²) in [7, 11) is -2.75. The summed E-state index contributed by atoms with van der Waals surface area (Å²) in [6, 6.07) is 11.3. The lowest BCUT2D eigenvalue weighted by Gasteiger charge is -2.34. The van der Waals surface area contributed by atoms with Crippen molar-refractivity contribution in [2.24, 2.45) is 5.41 Å². The molecule has 0 aliphatic heterocycles. The fraction of sp³-hybridized carbons (Fsp3) is 0.409. The van der Waals surface area contributed by atoms with Gasteiger partial charge in [0, 0.05) is 0 Å². The van der Waals surface area contributed by atoms with Crippen LogP contribution in [0.15, 0.2) is 47.4 Å². The lowest BCUT2D eigenvalue weighted by molar-refractivity contribution is -0.158. The van der Waals surface area contributed by atoms with Gasteiger partial charge in [0.1, 0.15) is 0 Å². The van der Waals surface area contributed by atoms with E-state index in [4.69, 9.17) is 4.74 Å². The second kappa shape index (κ2) is 8.65. The molecule has 2 aromatic carbocycles. The van der Waals surface area contributed by atoms with Crippen LogP contribution >= 0.6 is 0 Å². The van der Waals surface area contributed by atoms with E-state index in [0.29, 0.717) is 16.7 Å². The Morgan fingerprint density at radius 3 is 2.07 bits per heavy atom. The zero-order valence-corrected chi connectivity index (χ0v) is 18.5. The number of sulfonamides is 1. The zero-order valence-electron chi connectivity index (χ0n) is 17.7. The molecule has 0 unspecified atom stereocenters. The van der Waals surface area contributed by atoms with Gasteiger partial charge in [0.2, 0.25) is 10.0 Å². The van der Waals surface area contributed by atoms with Crippen molar-refractivity contribution in [1.82, 2.24) is 4.72 Å². The number of nitrogens with one attached hydrogen (secondary N) is 1. The average Bonchev–Trinajstić information content (AvgIpc) is 2.64. The van der Waals surface area contributed by atoms with Gasteiger partial charge in [-0.2, -0.15) is 0 Å². The van der Waals surface area contributed by atoms with Gasteiger partial charge < -0.3 is 9.84 Å². The van der Waals surface area contributed by atoms with Crippen LogP contribution in [0.1, 0.15) is 42.1 Å². The Balaban J connectivity index is 2.56. The number of benzene rings is 2. The lowest BCUT2D eigenvalue weighted by atomic mass is 9.80. The number of aliphatic hydroxyl groups is 1. The van der Waals surface area contributed by atoms with Crippen LogP contribution in [-0.2, 0) is 19.6 Å². The summed E-state index contributed by atoms with van der Waals surface area (Å²) in [6.45, 7) is 8.42. The first-order valence-corrected chi connectivity index (χ1v) is 10.8. The molecule has 0 saturated carbocycles. The molecule has 0 bridgehead atoms. The highest BCUT2D eigenvalue weighted by atomic mass is 32.2. The predicted octanol–water partition coefficient (Wildman–Crippen LogP) is 3.19. The third kappa shape index (κ3) is 4.86. The van der Waals surface area contributed by atoms with Crippen molar-refractivity contribution in [3.8, 4) is 0 Å². The summed E-state index contributed by atoms with van der Waals surface area (Å²) in [5, 5.41) is 11.1. The number of hydrogen-bond donors (Lipinski definition) is 2. The van der Waals surface area contributed by atoms with Crippen LogP contribution in [0.2, 0.25) is 0 Å². The summed E-state index contributed by atoms with van der Waals surface area (Å²) in [6.07, 6.45) is -1.36. The number of aryl methyl sites for hydroxylation is 3. The molecule has 0 aliphatic carbocycles. The van der Waals surface area contributed by atoms with Crippen molar-refractivity contribution in [3.05, 3.63) is 64.7 Å². The van der Waals surface area contributed by atoms with Crippen molar-refractivity contribution in [1.29, 1.82) is 0 Å². The molecular weight excluding hydrogens is 390 g/mol. The Morgan fingerprint density at radius 2 is 1.59 bits per heavy atom. The number of aliphatic hydroxyl groups excluding tert-OH is 1. The topological polar surface area (TPSA) is 92.7 Å². The number of esters is 1. The van der Waals surface area contributed by atoms with Crippen molar-refractivity contribution >= 4 is 16.0 Å². The maximum absolute atomic E-state index is 13.3. The smallest absolute Gasteiger partial charge is 0.313 e. The Kier molecular flexibility index (Phi) is 6.88. The van der Waals surface area contributed by atoms with Crippen LogP contribution in [0.25, 0.3) is 0 Å². The molecule has 0 spiro atoms. The van der Waals surface area contributed by atoms with Gasteiger partial charge in [-0.15, -0.1) is 0 Å². The number of methoxy groups -OCH3 is 1. The molecule has 7 heteroatoms. The maximum atomic E-state index is 13.3. The molecule has 0 fully saturated rings. The summed E-state index contributed by atoms with van der Waals surface area (Å²) >= 11 is 0. The van der Waals surface area contributed by atoms with Gasteiger partial charge in [0.15, 0.2) is 0 Å². The van der Waals surface area contributed by atoms with Crippen LogP contribution in [-0.4, -0.2) is 32.7 Å². The SMILES string of the molecule is COC(=O)C(C)(C)[C@H](O)[C@@H](NS(=O)(=O)c1c(C)cc(C)cc1C)c1ccccc1. The van der Waals surface area contributed by atoms with Crippen molar-refractivity contribution in [3.63, 3.8) is 0 Å². The van der Waals surface area contributed by atoms with E-state index in [2.05, 4.69) is 4.72 Å². The molecule has 2 rings (SSSR count). The molecule has 0 heterocycles. The Morgan fingerprint density at radius 1 is 1.07 bits per heavy atom. The predicted molar refractivity (Wildman–Crippen MR) is 112 cm³/mol. The summed E-state index contributed by atoms with van der Waals surface area (Å²) in [5.74, 6) is -0.632. The summed E-state index contributed by atoms with van der Waals surface area (Å²) < 4.78 is 34.0. The molecule has 29 heavy (non-hydrogen) atoms. The number of rotatable bonds is 7. The Hall–Kier alpha value is -2.22. The second-order valence-electron chi connectivity index (χ2n) is 7.90. The summed E-state index contributed by atoms with van der Waals surface area (Å²) in [5.41, 5.74) is 1.40. The lowest BCUT2D eigenvalue weighted by Crippen LogP contribution is -2.47. The minimum Gasteiger partial charge on any atom is -0.469 e. The maximum Gasteiger partial charge on any atom is 0.313 e. The first kappa shape index (κ1) is 23.1. The van der Waals surface area contributed by atoms with Crippen LogP contribution in [0.5, 0.6) is 0 Å². The van der Waals surface area contributed by atoms with Crippen molar-refractivity contribution in [2.75, 3.05) is 7.11 Å². The van der Waals surface area contributed by atoms with Gasteiger partial charge >= 0.3 is 5.97 Å². The number of carbonyl (C=O) groups is 1. The first-order chi connectivity index (χ1) is 13.4. The van der Waals surface area contributed by atoms with Gasteiger partial charge in [-0.05, 0) is 51.3 Å². The normalized spacial score (nSPS) is 14.3. The standard InChI is InChI=1S/C22H29NO5S/c1-14-12-15(2)19(16(3)13-14)29(26,27)23-18(17-10-8-7-9-11-17)20(24)22(4,5)21(25)28-6/h7-13,18,20,23-24H,1-6H3/t18-,20+/m0/s1. The van der Waals surface area contributed by atoms with E-state index >= 15 is 0 Å². The fourth-order valence-electron chi connectivity index (χ4n) is 3.59. The molecular formula is C22H29NO5S. The van der Waals surface area contributed by atoms with E-state index in [0.717, 1.165) is 5.56 Å². The molecule has 0 aliphatic rings. The van der Waals surface area contributed by atoms with Crippen LogP contribution in [0.4, 0.5) is 0 Å². The monoisotopic (exact) mass is 419 g/mol. The van der Waals surface area contributed by atoms with Gasteiger partial charge in [-0.1, -0.05) is 48.0 Å². The number of carbonyl (C=O) groups excluding carboxylic acids is 1.